The summed E-state index contributed by atoms with van der Waals surface area (Å²) in [6.45, 7) is 0. The highest BCUT2D eigenvalue weighted by Gasteiger charge is 2.21. The molecule has 0 bridgehead atoms. The standard InChI is InChI=1S/C15H11Br2ClN2O/c1-19-15(14-11(17)6-9(16)7-20-14)13-5-8-4-10(18)2-3-12(8)21-13/h2-7,15,19H,1H3. The second-order valence-corrected chi connectivity index (χ2v) is 6.78. The van der Waals surface area contributed by atoms with Gasteiger partial charge in [-0.05, 0) is 69.2 Å². The van der Waals surface area contributed by atoms with Crippen molar-refractivity contribution in [1.29, 1.82) is 0 Å². The van der Waals surface area contributed by atoms with E-state index in [9.17, 15) is 0 Å². The minimum atomic E-state index is -0.140. The van der Waals surface area contributed by atoms with Crippen LogP contribution in [0.1, 0.15) is 17.5 Å². The van der Waals surface area contributed by atoms with E-state index in [0.717, 1.165) is 31.4 Å². The van der Waals surface area contributed by atoms with Crippen LogP contribution in [-0.4, -0.2) is 12.0 Å². The second kappa shape index (κ2) is 6.08. The Labute approximate surface area is 144 Å². The van der Waals surface area contributed by atoms with Crippen LogP contribution in [0.4, 0.5) is 0 Å². The first-order valence-corrected chi connectivity index (χ1v) is 8.22. The minimum Gasteiger partial charge on any atom is -0.459 e. The van der Waals surface area contributed by atoms with E-state index in [-0.39, 0.29) is 6.04 Å². The zero-order valence-electron chi connectivity index (χ0n) is 11.0. The van der Waals surface area contributed by atoms with Crippen LogP contribution in [0.15, 0.2) is 49.9 Å². The number of pyridine rings is 1. The van der Waals surface area contributed by atoms with Crippen LogP contribution in [0, 0.1) is 0 Å². The van der Waals surface area contributed by atoms with Crippen molar-refractivity contribution >= 4 is 54.4 Å². The summed E-state index contributed by atoms with van der Waals surface area (Å²) >= 11 is 13.0. The summed E-state index contributed by atoms with van der Waals surface area (Å²) in [4.78, 5) is 4.47. The van der Waals surface area contributed by atoms with Crippen LogP contribution in [0.5, 0.6) is 0 Å². The molecule has 3 nitrogen and oxygen atoms in total. The molecule has 2 heterocycles. The molecular weight excluding hydrogens is 419 g/mol. The van der Waals surface area contributed by atoms with E-state index in [1.165, 1.54) is 0 Å². The van der Waals surface area contributed by atoms with Gasteiger partial charge in [-0.25, -0.2) is 0 Å². The van der Waals surface area contributed by atoms with Crippen LogP contribution in [0.2, 0.25) is 5.02 Å². The van der Waals surface area contributed by atoms with Crippen molar-refractivity contribution in [3.05, 3.63) is 62.0 Å². The molecule has 0 saturated carbocycles. The van der Waals surface area contributed by atoms with Crippen molar-refractivity contribution in [3.63, 3.8) is 0 Å². The number of halogens is 3. The summed E-state index contributed by atoms with van der Waals surface area (Å²) in [6.07, 6.45) is 1.77. The van der Waals surface area contributed by atoms with Crippen molar-refractivity contribution in [2.75, 3.05) is 7.05 Å². The Hall–Kier alpha value is -0.880. The maximum Gasteiger partial charge on any atom is 0.134 e. The number of aromatic nitrogens is 1. The van der Waals surface area contributed by atoms with Crippen molar-refractivity contribution < 1.29 is 4.42 Å². The quantitative estimate of drug-likeness (QED) is 0.612. The third kappa shape index (κ3) is 3.01. The van der Waals surface area contributed by atoms with Crippen LogP contribution in [-0.2, 0) is 0 Å². The number of fused-ring (bicyclic) bond motifs is 1. The van der Waals surface area contributed by atoms with Gasteiger partial charge >= 0.3 is 0 Å². The zero-order valence-corrected chi connectivity index (χ0v) is 15.0. The molecule has 3 rings (SSSR count). The lowest BCUT2D eigenvalue weighted by molar-refractivity contribution is 0.485. The molecule has 1 N–H and O–H groups in total. The smallest absolute Gasteiger partial charge is 0.134 e. The maximum absolute atomic E-state index is 6.02. The van der Waals surface area contributed by atoms with Gasteiger partial charge in [-0.3, -0.25) is 4.98 Å². The molecule has 108 valence electrons. The molecule has 1 aromatic carbocycles. The molecule has 0 aliphatic rings. The molecule has 0 aliphatic carbocycles. The Morgan fingerprint density at radius 2 is 2.05 bits per heavy atom. The molecule has 0 radical (unpaired) electrons. The van der Waals surface area contributed by atoms with Gasteiger partial charge in [-0.15, -0.1) is 0 Å². The van der Waals surface area contributed by atoms with Crippen molar-refractivity contribution in [1.82, 2.24) is 10.3 Å². The number of benzene rings is 1. The Bertz CT molecular complexity index is 803. The molecule has 0 spiro atoms. The molecule has 2 aromatic heterocycles. The Kier molecular flexibility index (Phi) is 4.36. The van der Waals surface area contributed by atoms with Gasteiger partial charge in [-0.1, -0.05) is 11.6 Å². The lowest BCUT2D eigenvalue weighted by Crippen LogP contribution is -2.18. The fraction of sp³-hybridized carbons (Fsp3) is 0.133. The number of nitrogens with zero attached hydrogens (tertiary/aromatic N) is 1. The summed E-state index contributed by atoms with van der Waals surface area (Å²) in [6, 6.07) is 9.39. The molecule has 1 unspecified atom stereocenters. The highest BCUT2D eigenvalue weighted by Crippen LogP contribution is 2.32. The number of furan rings is 1. The highest BCUT2D eigenvalue weighted by atomic mass is 79.9. The van der Waals surface area contributed by atoms with E-state index in [1.54, 1.807) is 6.20 Å². The van der Waals surface area contributed by atoms with Crippen molar-refractivity contribution in [3.8, 4) is 0 Å². The van der Waals surface area contributed by atoms with Crippen LogP contribution in [0.3, 0.4) is 0 Å². The summed E-state index contributed by atoms with van der Waals surface area (Å²) in [5, 5.41) is 4.91. The van der Waals surface area contributed by atoms with Crippen LogP contribution >= 0.6 is 43.5 Å². The molecule has 0 saturated heterocycles. The molecule has 0 amide bonds. The van der Waals surface area contributed by atoms with Crippen LogP contribution < -0.4 is 5.32 Å². The second-order valence-electron chi connectivity index (χ2n) is 4.57. The lowest BCUT2D eigenvalue weighted by atomic mass is 10.1. The number of rotatable bonds is 3. The summed E-state index contributed by atoms with van der Waals surface area (Å²) < 4.78 is 7.75. The summed E-state index contributed by atoms with van der Waals surface area (Å²) in [5.41, 5.74) is 1.67. The average Bonchev–Trinajstić information content (AvgIpc) is 2.84. The van der Waals surface area contributed by atoms with Gasteiger partial charge in [0.2, 0.25) is 0 Å². The topological polar surface area (TPSA) is 38.1 Å². The normalized spacial score (nSPS) is 12.8. The van der Waals surface area contributed by atoms with Gasteiger partial charge in [0.25, 0.3) is 0 Å². The summed E-state index contributed by atoms with van der Waals surface area (Å²) in [5.74, 6) is 0.797. The van der Waals surface area contributed by atoms with E-state index in [1.807, 2.05) is 37.4 Å². The molecule has 0 fully saturated rings. The summed E-state index contributed by atoms with van der Waals surface area (Å²) in [7, 11) is 1.88. The van der Waals surface area contributed by atoms with E-state index < -0.39 is 0 Å². The predicted molar refractivity (Wildman–Crippen MR) is 91.8 cm³/mol. The number of hydrogen-bond donors (Lipinski definition) is 1. The minimum absolute atomic E-state index is 0.140. The number of nitrogens with one attached hydrogen (secondary N) is 1. The fourth-order valence-corrected chi connectivity index (χ4v) is 3.63. The van der Waals surface area contributed by atoms with Gasteiger partial charge in [0.1, 0.15) is 17.4 Å². The predicted octanol–water partition coefficient (Wildman–Crippen LogP) is 5.32. The lowest BCUT2D eigenvalue weighted by Gasteiger charge is -2.14. The molecule has 3 aromatic rings. The fourth-order valence-electron chi connectivity index (χ4n) is 2.23. The highest BCUT2D eigenvalue weighted by molar-refractivity contribution is 9.11. The van der Waals surface area contributed by atoms with E-state index in [2.05, 4.69) is 42.2 Å². The SMILES string of the molecule is CNC(c1cc2cc(Cl)ccc2o1)c1ncc(Br)cc1Br. The molecular formula is C15H11Br2ClN2O. The van der Waals surface area contributed by atoms with Gasteiger partial charge in [0.15, 0.2) is 0 Å². The van der Waals surface area contributed by atoms with E-state index >= 15 is 0 Å². The largest absolute Gasteiger partial charge is 0.459 e. The first-order valence-electron chi connectivity index (χ1n) is 6.25. The molecule has 0 aliphatic heterocycles. The first-order chi connectivity index (χ1) is 10.1. The molecule has 1 atom stereocenters. The third-order valence-corrected chi connectivity index (χ3v) is 4.48. The van der Waals surface area contributed by atoms with Gasteiger partial charge < -0.3 is 9.73 Å². The first kappa shape index (κ1) is 15.0. The van der Waals surface area contributed by atoms with Gasteiger partial charge in [-0.2, -0.15) is 0 Å². The monoisotopic (exact) mass is 428 g/mol. The number of hydrogen-bond acceptors (Lipinski definition) is 3. The van der Waals surface area contributed by atoms with E-state index in [4.69, 9.17) is 16.0 Å². The Morgan fingerprint density at radius 3 is 2.76 bits per heavy atom. The zero-order chi connectivity index (χ0) is 15.0. The molecule has 21 heavy (non-hydrogen) atoms. The third-order valence-electron chi connectivity index (χ3n) is 3.18. The van der Waals surface area contributed by atoms with Gasteiger partial charge in [0.05, 0.1) is 5.69 Å². The van der Waals surface area contributed by atoms with Crippen molar-refractivity contribution in [2.24, 2.45) is 0 Å². The van der Waals surface area contributed by atoms with E-state index in [0.29, 0.717) is 5.02 Å². The maximum atomic E-state index is 6.02. The molecule has 6 heteroatoms. The van der Waals surface area contributed by atoms with Crippen LogP contribution in [0.25, 0.3) is 11.0 Å². The van der Waals surface area contributed by atoms with Crippen molar-refractivity contribution in [2.45, 2.75) is 6.04 Å². The average molecular weight is 431 g/mol. The Morgan fingerprint density at radius 1 is 1.24 bits per heavy atom. The van der Waals surface area contributed by atoms with Gasteiger partial charge in [0, 0.05) is 25.6 Å². The Balaban J connectivity index is 2.09.